The van der Waals surface area contributed by atoms with Crippen LogP contribution >= 0.6 is 0 Å². The van der Waals surface area contributed by atoms with Crippen LogP contribution < -0.4 is 15.8 Å². The number of nitrogens with zero attached hydrogens (tertiary/aromatic N) is 2. The number of ether oxygens (including phenoxy) is 1. The van der Waals surface area contributed by atoms with Crippen LogP contribution in [-0.2, 0) is 6.54 Å². The first kappa shape index (κ1) is 22.6. The second-order valence-corrected chi connectivity index (χ2v) is 8.46. The lowest BCUT2D eigenvalue weighted by molar-refractivity contribution is 0.203. The molecule has 4 N–H and O–H groups in total. The van der Waals surface area contributed by atoms with E-state index < -0.39 is 11.6 Å². The lowest BCUT2D eigenvalue weighted by Crippen LogP contribution is -2.43. The molecule has 0 radical (unpaired) electrons. The maximum atomic E-state index is 10.9. The van der Waals surface area contributed by atoms with E-state index >= 15 is 0 Å². The van der Waals surface area contributed by atoms with Crippen LogP contribution in [0, 0.1) is 5.92 Å². The predicted molar refractivity (Wildman–Crippen MR) is 116 cm³/mol. The summed E-state index contributed by atoms with van der Waals surface area (Å²) in [4.78, 5) is 17.0. The van der Waals surface area contributed by atoms with Gasteiger partial charge < -0.3 is 20.5 Å². The topological polar surface area (TPSA) is 101 Å². The highest BCUT2D eigenvalue weighted by molar-refractivity contribution is 5.82. The van der Waals surface area contributed by atoms with Gasteiger partial charge in [0.25, 0.3) is 0 Å². The molecule has 1 heterocycles. The molecular formula is C22H32N4O3. The number of benzene rings is 1. The standard InChI is InChI=1S/C22H32N4O3/c1-15(2)12-22(3,23)14-29-19-7-6-16(10-18(19)13-26(4)5)17-8-9-24-20(11-17)25-21(27)28/h6-11,15H,12-14,23H2,1-5H3,(H,24,25)(H,27,28). The van der Waals surface area contributed by atoms with E-state index in [1.807, 2.05) is 39.2 Å². The Hall–Kier alpha value is -2.64. The number of carboxylic acid groups (broad SMARTS) is 1. The average molecular weight is 401 g/mol. The fraction of sp³-hybridized carbons (Fsp3) is 0.455. The Balaban J connectivity index is 2.28. The van der Waals surface area contributed by atoms with Crippen molar-refractivity contribution in [1.29, 1.82) is 0 Å². The van der Waals surface area contributed by atoms with Gasteiger partial charge in [0.05, 0.1) is 0 Å². The third-order valence-electron chi connectivity index (χ3n) is 4.31. The van der Waals surface area contributed by atoms with Crippen LogP contribution in [0.4, 0.5) is 10.6 Å². The van der Waals surface area contributed by atoms with Crippen molar-refractivity contribution < 1.29 is 14.6 Å². The summed E-state index contributed by atoms with van der Waals surface area (Å²) in [5.41, 5.74) is 8.87. The zero-order chi connectivity index (χ0) is 21.6. The SMILES string of the molecule is CC(C)CC(C)(N)COc1ccc(-c2ccnc(NC(=O)O)c2)cc1CN(C)C. The Morgan fingerprint density at radius 1 is 1.28 bits per heavy atom. The summed E-state index contributed by atoms with van der Waals surface area (Å²) in [5.74, 6) is 1.59. The van der Waals surface area contributed by atoms with Gasteiger partial charge in [-0.15, -0.1) is 0 Å². The van der Waals surface area contributed by atoms with Gasteiger partial charge in [-0.05, 0) is 68.8 Å². The number of aromatic nitrogens is 1. The first-order valence-corrected chi connectivity index (χ1v) is 9.71. The van der Waals surface area contributed by atoms with Gasteiger partial charge in [0.2, 0.25) is 0 Å². The highest BCUT2D eigenvalue weighted by atomic mass is 16.5. The van der Waals surface area contributed by atoms with Gasteiger partial charge in [0.1, 0.15) is 18.2 Å². The van der Waals surface area contributed by atoms with Gasteiger partial charge in [-0.25, -0.2) is 9.78 Å². The summed E-state index contributed by atoms with van der Waals surface area (Å²) in [5, 5.41) is 11.2. The minimum atomic E-state index is -1.14. The molecule has 2 rings (SSSR count). The zero-order valence-electron chi connectivity index (χ0n) is 17.9. The number of pyridine rings is 1. The molecule has 1 atom stereocenters. The third kappa shape index (κ3) is 7.36. The smallest absolute Gasteiger partial charge is 0.410 e. The van der Waals surface area contributed by atoms with Crippen LogP contribution in [0.1, 0.15) is 32.8 Å². The number of nitrogens with two attached hydrogens (primary N) is 1. The molecule has 7 heteroatoms. The van der Waals surface area contributed by atoms with Crippen molar-refractivity contribution >= 4 is 11.9 Å². The predicted octanol–water partition coefficient (Wildman–Crippen LogP) is 4.04. The lowest BCUT2D eigenvalue weighted by Gasteiger charge is -2.27. The summed E-state index contributed by atoms with van der Waals surface area (Å²) in [7, 11) is 4.01. The maximum absolute atomic E-state index is 10.9. The maximum Gasteiger partial charge on any atom is 0.410 e. The van der Waals surface area contributed by atoms with E-state index in [4.69, 9.17) is 15.6 Å². The molecular weight excluding hydrogens is 368 g/mol. The van der Waals surface area contributed by atoms with Crippen molar-refractivity contribution in [3.8, 4) is 16.9 Å². The number of hydrogen-bond donors (Lipinski definition) is 3. The van der Waals surface area contributed by atoms with E-state index in [0.717, 1.165) is 28.9 Å². The molecule has 0 fully saturated rings. The Kier molecular flexibility index (Phi) is 7.59. The quantitative estimate of drug-likeness (QED) is 0.587. The van der Waals surface area contributed by atoms with Crippen LogP contribution in [-0.4, -0.2) is 47.3 Å². The highest BCUT2D eigenvalue weighted by Crippen LogP contribution is 2.29. The summed E-state index contributed by atoms with van der Waals surface area (Å²) in [6, 6.07) is 9.53. The van der Waals surface area contributed by atoms with Crippen molar-refractivity contribution in [2.24, 2.45) is 11.7 Å². The number of carbonyl (C=O) groups is 1. The Morgan fingerprint density at radius 3 is 2.59 bits per heavy atom. The van der Waals surface area contributed by atoms with Gasteiger partial charge in [0, 0.05) is 23.8 Å². The van der Waals surface area contributed by atoms with E-state index in [1.54, 1.807) is 12.3 Å². The molecule has 2 aromatic rings. The summed E-state index contributed by atoms with van der Waals surface area (Å²) < 4.78 is 6.12. The zero-order valence-corrected chi connectivity index (χ0v) is 17.9. The van der Waals surface area contributed by atoms with Crippen molar-refractivity contribution in [2.75, 3.05) is 26.0 Å². The lowest BCUT2D eigenvalue weighted by atomic mass is 9.93. The molecule has 1 aromatic carbocycles. The number of amides is 1. The van der Waals surface area contributed by atoms with Crippen molar-refractivity contribution in [3.05, 3.63) is 42.1 Å². The molecule has 0 bridgehead atoms. The van der Waals surface area contributed by atoms with E-state index in [2.05, 4.69) is 35.1 Å². The van der Waals surface area contributed by atoms with E-state index in [-0.39, 0.29) is 5.82 Å². The van der Waals surface area contributed by atoms with Crippen molar-refractivity contribution in [2.45, 2.75) is 39.3 Å². The number of anilines is 1. The normalized spacial score (nSPS) is 13.4. The fourth-order valence-electron chi connectivity index (χ4n) is 3.39. The van der Waals surface area contributed by atoms with Gasteiger partial charge in [-0.3, -0.25) is 5.32 Å². The molecule has 0 aliphatic rings. The van der Waals surface area contributed by atoms with Crippen molar-refractivity contribution in [3.63, 3.8) is 0 Å². The molecule has 0 aliphatic heterocycles. The number of rotatable bonds is 9. The molecule has 158 valence electrons. The highest BCUT2D eigenvalue weighted by Gasteiger charge is 2.22. The molecule has 0 aliphatic carbocycles. The number of hydrogen-bond acceptors (Lipinski definition) is 5. The second kappa shape index (κ2) is 9.71. The second-order valence-electron chi connectivity index (χ2n) is 8.46. The molecule has 0 spiro atoms. The van der Waals surface area contributed by atoms with Crippen LogP contribution in [0.3, 0.4) is 0 Å². The van der Waals surface area contributed by atoms with Crippen LogP contribution in [0.25, 0.3) is 11.1 Å². The van der Waals surface area contributed by atoms with Gasteiger partial charge in [-0.1, -0.05) is 19.9 Å². The summed E-state index contributed by atoms with van der Waals surface area (Å²) in [6.07, 6.45) is 1.32. The van der Waals surface area contributed by atoms with E-state index in [9.17, 15) is 4.79 Å². The van der Waals surface area contributed by atoms with Gasteiger partial charge in [-0.2, -0.15) is 0 Å². The molecule has 1 aromatic heterocycles. The fourth-order valence-corrected chi connectivity index (χ4v) is 3.39. The summed E-state index contributed by atoms with van der Waals surface area (Å²) in [6.45, 7) is 7.47. The van der Waals surface area contributed by atoms with Gasteiger partial charge in [0.15, 0.2) is 0 Å². The molecule has 0 saturated heterocycles. The molecule has 1 amide bonds. The first-order valence-electron chi connectivity index (χ1n) is 9.71. The van der Waals surface area contributed by atoms with Crippen molar-refractivity contribution in [1.82, 2.24) is 9.88 Å². The van der Waals surface area contributed by atoms with Gasteiger partial charge >= 0.3 is 6.09 Å². The molecule has 0 saturated carbocycles. The Labute approximate surface area is 172 Å². The van der Waals surface area contributed by atoms with E-state index in [0.29, 0.717) is 19.1 Å². The molecule has 7 nitrogen and oxygen atoms in total. The third-order valence-corrected chi connectivity index (χ3v) is 4.31. The minimum Gasteiger partial charge on any atom is -0.491 e. The monoisotopic (exact) mass is 400 g/mol. The van der Waals surface area contributed by atoms with Crippen LogP contribution in [0.15, 0.2) is 36.5 Å². The van der Waals surface area contributed by atoms with Crippen LogP contribution in [0.2, 0.25) is 0 Å². The largest absolute Gasteiger partial charge is 0.491 e. The first-order chi connectivity index (χ1) is 13.6. The molecule has 29 heavy (non-hydrogen) atoms. The minimum absolute atomic E-state index is 0.289. The Morgan fingerprint density at radius 2 is 1.97 bits per heavy atom. The average Bonchev–Trinajstić information content (AvgIpc) is 2.58. The summed E-state index contributed by atoms with van der Waals surface area (Å²) >= 11 is 0. The Bertz CT molecular complexity index is 835. The van der Waals surface area contributed by atoms with Crippen LogP contribution in [0.5, 0.6) is 5.75 Å². The van der Waals surface area contributed by atoms with E-state index in [1.165, 1.54) is 0 Å². The molecule has 1 unspecified atom stereocenters. The number of nitrogens with one attached hydrogen (secondary N) is 1.